The van der Waals surface area contributed by atoms with Crippen LogP contribution in [-0.2, 0) is 15.8 Å². The van der Waals surface area contributed by atoms with Crippen molar-refractivity contribution >= 4 is 10.0 Å². The van der Waals surface area contributed by atoms with Crippen molar-refractivity contribution in [1.29, 1.82) is 0 Å². The Bertz CT molecular complexity index is 739. The van der Waals surface area contributed by atoms with Gasteiger partial charge in [-0.1, -0.05) is 48.9 Å². The fourth-order valence-corrected chi connectivity index (χ4v) is 3.94. The van der Waals surface area contributed by atoms with Gasteiger partial charge < -0.3 is 4.74 Å². The maximum Gasteiger partial charge on any atom is 0.216 e. The first-order chi connectivity index (χ1) is 10.9. The van der Waals surface area contributed by atoms with Crippen LogP contribution in [0.1, 0.15) is 36.1 Å². The lowest BCUT2D eigenvalue weighted by Crippen LogP contribution is -2.29. The molecule has 0 aliphatic carbocycles. The second-order valence-electron chi connectivity index (χ2n) is 5.60. The summed E-state index contributed by atoms with van der Waals surface area (Å²) in [4.78, 5) is 0. The average Bonchev–Trinajstić information content (AvgIpc) is 2.52. The molecule has 0 unspecified atom stereocenters. The molecule has 0 aliphatic heterocycles. The van der Waals surface area contributed by atoms with E-state index in [2.05, 4.69) is 4.72 Å². The molecule has 0 radical (unpaired) electrons. The Kier molecular flexibility index (Phi) is 5.80. The van der Waals surface area contributed by atoms with E-state index in [0.717, 1.165) is 22.4 Å². The van der Waals surface area contributed by atoms with Crippen molar-refractivity contribution in [2.45, 2.75) is 32.1 Å². The monoisotopic (exact) mass is 333 g/mol. The molecular weight excluding hydrogens is 310 g/mol. The molecule has 0 fully saturated rings. The molecule has 0 bridgehead atoms. The number of sulfonamides is 1. The largest absolute Gasteiger partial charge is 0.497 e. The SMILES string of the molecule is CC[C@@H](NS(=O)(=O)Cc1cccc(C)c1)c1ccc(OC)cc1. The van der Waals surface area contributed by atoms with E-state index in [4.69, 9.17) is 4.74 Å². The summed E-state index contributed by atoms with van der Waals surface area (Å²) < 4.78 is 32.8. The Balaban J connectivity index is 2.12. The van der Waals surface area contributed by atoms with Gasteiger partial charge in [0.2, 0.25) is 10.0 Å². The lowest BCUT2D eigenvalue weighted by molar-refractivity contribution is 0.414. The maximum absolute atomic E-state index is 12.4. The van der Waals surface area contributed by atoms with E-state index in [1.807, 2.05) is 62.4 Å². The van der Waals surface area contributed by atoms with Gasteiger partial charge in [-0.05, 0) is 36.6 Å². The number of hydrogen-bond acceptors (Lipinski definition) is 3. The molecule has 5 heteroatoms. The normalized spacial score (nSPS) is 12.8. The molecule has 0 amide bonds. The summed E-state index contributed by atoms with van der Waals surface area (Å²) in [6.07, 6.45) is 0.680. The number of rotatable bonds is 7. The predicted octanol–water partition coefficient (Wildman–Crippen LogP) is 3.57. The standard InChI is InChI=1S/C18H23NO3S/c1-4-18(16-8-10-17(22-3)11-9-16)19-23(20,21)13-15-7-5-6-14(2)12-15/h5-12,18-19H,4,13H2,1-3H3/t18-/m1/s1. The van der Waals surface area contributed by atoms with Gasteiger partial charge in [0.15, 0.2) is 0 Å². The van der Waals surface area contributed by atoms with Crippen molar-refractivity contribution < 1.29 is 13.2 Å². The highest BCUT2D eigenvalue weighted by Gasteiger charge is 2.18. The van der Waals surface area contributed by atoms with Gasteiger partial charge in [-0.3, -0.25) is 0 Å². The molecule has 0 aromatic heterocycles. The molecule has 0 heterocycles. The van der Waals surface area contributed by atoms with E-state index >= 15 is 0 Å². The van der Waals surface area contributed by atoms with Gasteiger partial charge in [-0.2, -0.15) is 0 Å². The van der Waals surface area contributed by atoms with Crippen LogP contribution in [0, 0.1) is 6.92 Å². The number of benzene rings is 2. The van der Waals surface area contributed by atoms with Gasteiger partial charge in [-0.15, -0.1) is 0 Å². The van der Waals surface area contributed by atoms with Gasteiger partial charge in [0.25, 0.3) is 0 Å². The highest BCUT2D eigenvalue weighted by molar-refractivity contribution is 7.88. The summed E-state index contributed by atoms with van der Waals surface area (Å²) in [6.45, 7) is 3.92. The lowest BCUT2D eigenvalue weighted by Gasteiger charge is -2.18. The quantitative estimate of drug-likeness (QED) is 0.843. The van der Waals surface area contributed by atoms with Crippen molar-refractivity contribution in [2.75, 3.05) is 7.11 Å². The smallest absolute Gasteiger partial charge is 0.216 e. The number of methoxy groups -OCH3 is 1. The third-order valence-corrected chi connectivity index (χ3v) is 5.04. The highest BCUT2D eigenvalue weighted by atomic mass is 32.2. The summed E-state index contributed by atoms with van der Waals surface area (Å²) in [5.74, 6) is 0.743. The molecule has 1 atom stereocenters. The molecule has 1 N–H and O–H groups in total. The van der Waals surface area contributed by atoms with Gasteiger partial charge in [0.05, 0.1) is 12.9 Å². The summed E-state index contributed by atoms with van der Waals surface area (Å²) in [5, 5.41) is 0. The van der Waals surface area contributed by atoms with E-state index in [9.17, 15) is 8.42 Å². The zero-order chi connectivity index (χ0) is 16.9. The van der Waals surface area contributed by atoms with E-state index in [1.165, 1.54) is 0 Å². The van der Waals surface area contributed by atoms with Crippen LogP contribution in [0.15, 0.2) is 48.5 Å². The van der Waals surface area contributed by atoms with Crippen LogP contribution in [0.25, 0.3) is 0 Å². The van der Waals surface area contributed by atoms with E-state index < -0.39 is 10.0 Å². The van der Waals surface area contributed by atoms with E-state index in [0.29, 0.717) is 6.42 Å². The van der Waals surface area contributed by atoms with Crippen LogP contribution in [-0.4, -0.2) is 15.5 Å². The van der Waals surface area contributed by atoms with Gasteiger partial charge in [0, 0.05) is 6.04 Å². The Morgan fingerprint density at radius 1 is 1.13 bits per heavy atom. The molecule has 0 saturated heterocycles. The topological polar surface area (TPSA) is 55.4 Å². The minimum Gasteiger partial charge on any atom is -0.497 e. The maximum atomic E-state index is 12.4. The van der Waals surface area contributed by atoms with Gasteiger partial charge in [0.1, 0.15) is 5.75 Å². The van der Waals surface area contributed by atoms with Crippen molar-refractivity contribution in [3.05, 3.63) is 65.2 Å². The van der Waals surface area contributed by atoms with Crippen LogP contribution in [0.5, 0.6) is 5.75 Å². The lowest BCUT2D eigenvalue weighted by atomic mass is 10.1. The Morgan fingerprint density at radius 3 is 2.39 bits per heavy atom. The second-order valence-corrected chi connectivity index (χ2v) is 7.35. The van der Waals surface area contributed by atoms with Gasteiger partial charge >= 0.3 is 0 Å². The van der Waals surface area contributed by atoms with Crippen LogP contribution < -0.4 is 9.46 Å². The first-order valence-corrected chi connectivity index (χ1v) is 9.28. The summed E-state index contributed by atoms with van der Waals surface area (Å²) in [5.41, 5.74) is 2.78. The first-order valence-electron chi connectivity index (χ1n) is 7.63. The van der Waals surface area contributed by atoms with Crippen molar-refractivity contribution in [3.63, 3.8) is 0 Å². The predicted molar refractivity (Wildman–Crippen MR) is 93.0 cm³/mol. The average molecular weight is 333 g/mol. The number of aryl methyl sites for hydroxylation is 1. The summed E-state index contributed by atoms with van der Waals surface area (Å²) in [6, 6.07) is 14.8. The second kappa shape index (κ2) is 7.62. The molecule has 0 spiro atoms. The summed E-state index contributed by atoms with van der Waals surface area (Å²) >= 11 is 0. The van der Waals surface area contributed by atoms with Crippen LogP contribution in [0.4, 0.5) is 0 Å². The van der Waals surface area contributed by atoms with Crippen LogP contribution >= 0.6 is 0 Å². The number of hydrogen-bond donors (Lipinski definition) is 1. The van der Waals surface area contributed by atoms with Crippen molar-refractivity contribution in [2.24, 2.45) is 0 Å². The third kappa shape index (κ3) is 5.08. The minimum atomic E-state index is -3.41. The minimum absolute atomic E-state index is 0.0126. The van der Waals surface area contributed by atoms with E-state index in [1.54, 1.807) is 7.11 Å². The molecule has 2 aromatic carbocycles. The molecule has 124 valence electrons. The van der Waals surface area contributed by atoms with Gasteiger partial charge in [-0.25, -0.2) is 13.1 Å². The number of nitrogens with one attached hydrogen (secondary N) is 1. The first kappa shape index (κ1) is 17.5. The van der Waals surface area contributed by atoms with Crippen molar-refractivity contribution in [1.82, 2.24) is 4.72 Å². The van der Waals surface area contributed by atoms with Crippen molar-refractivity contribution in [3.8, 4) is 5.75 Å². The fraction of sp³-hybridized carbons (Fsp3) is 0.333. The van der Waals surface area contributed by atoms with E-state index in [-0.39, 0.29) is 11.8 Å². The molecular formula is C18H23NO3S. The zero-order valence-corrected chi connectivity index (χ0v) is 14.6. The highest BCUT2D eigenvalue weighted by Crippen LogP contribution is 2.21. The summed E-state index contributed by atoms with van der Waals surface area (Å²) in [7, 11) is -1.80. The molecule has 23 heavy (non-hydrogen) atoms. The zero-order valence-electron chi connectivity index (χ0n) is 13.7. The molecule has 4 nitrogen and oxygen atoms in total. The third-order valence-electron chi connectivity index (χ3n) is 3.69. The van der Waals surface area contributed by atoms with Crippen LogP contribution in [0.2, 0.25) is 0 Å². The molecule has 2 rings (SSSR count). The molecule has 0 saturated carbocycles. The fourth-order valence-electron chi connectivity index (χ4n) is 2.50. The Labute approximate surface area is 138 Å². The molecule has 2 aromatic rings. The molecule has 0 aliphatic rings. The number of ether oxygens (including phenoxy) is 1. The Morgan fingerprint density at radius 2 is 1.83 bits per heavy atom. The van der Waals surface area contributed by atoms with Crippen LogP contribution in [0.3, 0.4) is 0 Å². The Hall–Kier alpha value is -1.85.